The minimum Gasteiger partial charge on any atom is -0.382 e. The molecule has 0 aromatic carbocycles. The second-order valence-electron chi connectivity index (χ2n) is 4.55. The summed E-state index contributed by atoms with van der Waals surface area (Å²) in [4.78, 5) is 8.68. The van der Waals surface area contributed by atoms with Gasteiger partial charge >= 0.3 is 0 Å². The molecule has 2 N–H and O–H groups in total. The lowest BCUT2D eigenvalue weighted by atomic mass is 10.1. The van der Waals surface area contributed by atoms with E-state index in [0.29, 0.717) is 5.82 Å². The molecule has 3 rings (SSSR count). The lowest BCUT2D eigenvalue weighted by Crippen LogP contribution is -1.98. The third-order valence-corrected chi connectivity index (χ3v) is 3.12. The molecule has 19 heavy (non-hydrogen) atoms. The van der Waals surface area contributed by atoms with Crippen LogP contribution in [0.25, 0.3) is 22.2 Å². The van der Waals surface area contributed by atoms with Gasteiger partial charge in [-0.1, -0.05) is 0 Å². The van der Waals surface area contributed by atoms with E-state index in [-0.39, 0.29) is 0 Å². The number of fused-ring (bicyclic) bond motifs is 1. The van der Waals surface area contributed by atoms with Crippen LogP contribution in [-0.2, 0) is 6.54 Å². The lowest BCUT2D eigenvalue weighted by Gasteiger charge is -2.03. The van der Waals surface area contributed by atoms with Gasteiger partial charge in [-0.15, -0.1) is 0 Å². The van der Waals surface area contributed by atoms with Gasteiger partial charge in [0.25, 0.3) is 0 Å². The number of nitrogen functional groups attached to an aromatic ring is 1. The zero-order valence-electron chi connectivity index (χ0n) is 11.0. The first-order valence-corrected chi connectivity index (χ1v) is 6.23. The Morgan fingerprint density at radius 3 is 2.68 bits per heavy atom. The van der Waals surface area contributed by atoms with Crippen LogP contribution >= 0.6 is 0 Å². The molecule has 5 nitrogen and oxygen atoms in total. The number of hydrogen-bond acceptors (Lipinski definition) is 4. The van der Waals surface area contributed by atoms with Crippen LogP contribution in [0.5, 0.6) is 0 Å². The van der Waals surface area contributed by atoms with Crippen molar-refractivity contribution in [2.45, 2.75) is 20.4 Å². The minimum absolute atomic E-state index is 0.520. The van der Waals surface area contributed by atoms with Gasteiger partial charge in [0.05, 0.1) is 5.39 Å². The van der Waals surface area contributed by atoms with Crippen LogP contribution < -0.4 is 5.73 Å². The number of hydrogen-bond donors (Lipinski definition) is 1. The zero-order chi connectivity index (χ0) is 13.4. The van der Waals surface area contributed by atoms with Crippen LogP contribution in [0.3, 0.4) is 0 Å². The molecule has 0 aliphatic rings. The van der Waals surface area contributed by atoms with E-state index in [2.05, 4.69) is 21.1 Å². The number of nitrogens with two attached hydrogens (primary N) is 1. The van der Waals surface area contributed by atoms with Gasteiger partial charge < -0.3 is 5.73 Å². The molecule has 3 heterocycles. The Morgan fingerprint density at radius 1 is 1.16 bits per heavy atom. The number of anilines is 1. The van der Waals surface area contributed by atoms with Gasteiger partial charge in [-0.3, -0.25) is 4.98 Å². The Hall–Kier alpha value is -2.43. The number of aryl methyl sites for hydroxylation is 2. The molecule has 0 saturated carbocycles. The smallest absolute Gasteiger partial charge is 0.159 e. The first-order valence-electron chi connectivity index (χ1n) is 6.23. The summed E-state index contributed by atoms with van der Waals surface area (Å²) in [6.07, 6.45) is 5.50. The molecule has 0 saturated heterocycles. The summed E-state index contributed by atoms with van der Waals surface area (Å²) < 4.78 is 1.81. The standard InChI is InChI=1S/C14H15N5/c1-3-19-14-12(13(15)18-19)5-11(8-17-14)10-4-9(2)6-16-7-10/h4-8H,3H2,1-2H3,(H2,15,18). The molecule has 3 aromatic heterocycles. The van der Waals surface area contributed by atoms with E-state index in [9.17, 15) is 0 Å². The summed E-state index contributed by atoms with van der Waals surface area (Å²) in [6.45, 7) is 4.80. The van der Waals surface area contributed by atoms with Gasteiger partial charge in [0.1, 0.15) is 0 Å². The van der Waals surface area contributed by atoms with Crippen molar-refractivity contribution in [3.8, 4) is 11.1 Å². The fraction of sp³-hybridized carbons (Fsp3) is 0.214. The highest BCUT2D eigenvalue weighted by atomic mass is 15.3. The van der Waals surface area contributed by atoms with Crippen molar-refractivity contribution in [3.05, 3.63) is 36.3 Å². The van der Waals surface area contributed by atoms with Crippen molar-refractivity contribution < 1.29 is 0 Å². The highest BCUT2D eigenvalue weighted by Crippen LogP contribution is 2.25. The molecule has 3 aromatic rings. The Morgan fingerprint density at radius 2 is 1.95 bits per heavy atom. The molecule has 0 radical (unpaired) electrons. The number of nitrogens with zero attached hydrogens (tertiary/aromatic N) is 4. The molecular formula is C14H15N5. The fourth-order valence-corrected chi connectivity index (χ4v) is 2.17. The van der Waals surface area contributed by atoms with Gasteiger partial charge in [0, 0.05) is 36.3 Å². The monoisotopic (exact) mass is 253 g/mol. The predicted molar refractivity (Wildman–Crippen MR) is 75.6 cm³/mol. The second kappa shape index (κ2) is 4.35. The molecule has 0 bridgehead atoms. The number of aromatic nitrogens is 4. The number of pyridine rings is 2. The van der Waals surface area contributed by atoms with Crippen molar-refractivity contribution in [3.63, 3.8) is 0 Å². The predicted octanol–water partition coefficient (Wildman–Crippen LogP) is 2.40. The molecule has 0 atom stereocenters. The van der Waals surface area contributed by atoms with Gasteiger partial charge in [0.2, 0.25) is 0 Å². The average molecular weight is 253 g/mol. The van der Waals surface area contributed by atoms with E-state index >= 15 is 0 Å². The molecule has 0 aliphatic carbocycles. The maximum absolute atomic E-state index is 5.94. The summed E-state index contributed by atoms with van der Waals surface area (Å²) >= 11 is 0. The van der Waals surface area contributed by atoms with Crippen LogP contribution in [0.2, 0.25) is 0 Å². The van der Waals surface area contributed by atoms with Gasteiger partial charge in [0.15, 0.2) is 11.5 Å². The third-order valence-electron chi connectivity index (χ3n) is 3.12. The lowest BCUT2D eigenvalue weighted by molar-refractivity contribution is 0.680. The summed E-state index contributed by atoms with van der Waals surface area (Å²) in [6, 6.07) is 4.10. The van der Waals surface area contributed by atoms with E-state index in [1.807, 2.05) is 43.2 Å². The van der Waals surface area contributed by atoms with Gasteiger partial charge in [-0.2, -0.15) is 5.10 Å². The summed E-state index contributed by atoms with van der Waals surface area (Å²) in [5.74, 6) is 0.520. The van der Waals surface area contributed by atoms with Crippen LogP contribution in [0, 0.1) is 6.92 Å². The van der Waals surface area contributed by atoms with Crippen molar-refractivity contribution in [2.24, 2.45) is 0 Å². The molecule has 0 unspecified atom stereocenters. The highest BCUT2D eigenvalue weighted by Gasteiger charge is 2.10. The van der Waals surface area contributed by atoms with Crippen molar-refractivity contribution >= 4 is 16.9 Å². The Labute approximate surface area is 111 Å². The minimum atomic E-state index is 0.520. The molecule has 0 fully saturated rings. The van der Waals surface area contributed by atoms with Crippen molar-refractivity contribution in [1.82, 2.24) is 19.7 Å². The zero-order valence-corrected chi connectivity index (χ0v) is 11.0. The molecular weight excluding hydrogens is 238 g/mol. The normalized spacial score (nSPS) is 11.1. The molecule has 0 aliphatic heterocycles. The van der Waals surface area contributed by atoms with E-state index < -0.39 is 0 Å². The largest absolute Gasteiger partial charge is 0.382 e. The average Bonchev–Trinajstić information content (AvgIpc) is 2.75. The maximum Gasteiger partial charge on any atom is 0.159 e. The van der Waals surface area contributed by atoms with Crippen LogP contribution in [0.1, 0.15) is 12.5 Å². The van der Waals surface area contributed by atoms with E-state index in [0.717, 1.165) is 34.3 Å². The SMILES string of the molecule is CCn1nc(N)c2cc(-c3cncc(C)c3)cnc21. The number of rotatable bonds is 2. The van der Waals surface area contributed by atoms with Crippen LogP contribution in [-0.4, -0.2) is 19.7 Å². The fourth-order valence-electron chi connectivity index (χ4n) is 2.17. The van der Waals surface area contributed by atoms with Crippen LogP contribution in [0.4, 0.5) is 5.82 Å². The molecule has 5 heteroatoms. The van der Waals surface area contributed by atoms with E-state index in [1.165, 1.54) is 0 Å². The topological polar surface area (TPSA) is 69.6 Å². The Balaban J connectivity index is 2.19. The summed E-state index contributed by atoms with van der Waals surface area (Å²) in [5.41, 5.74) is 9.93. The molecule has 0 amide bonds. The Kier molecular flexibility index (Phi) is 2.67. The van der Waals surface area contributed by atoms with Crippen molar-refractivity contribution in [1.29, 1.82) is 0 Å². The molecule has 0 spiro atoms. The summed E-state index contributed by atoms with van der Waals surface area (Å²) in [5, 5.41) is 5.17. The summed E-state index contributed by atoms with van der Waals surface area (Å²) in [7, 11) is 0. The highest BCUT2D eigenvalue weighted by molar-refractivity contribution is 5.89. The first kappa shape index (κ1) is 11.6. The van der Waals surface area contributed by atoms with Crippen molar-refractivity contribution in [2.75, 3.05) is 5.73 Å². The molecule has 96 valence electrons. The van der Waals surface area contributed by atoms with E-state index in [4.69, 9.17) is 5.73 Å². The van der Waals surface area contributed by atoms with Gasteiger partial charge in [-0.25, -0.2) is 9.67 Å². The first-order chi connectivity index (χ1) is 9.19. The maximum atomic E-state index is 5.94. The van der Waals surface area contributed by atoms with Gasteiger partial charge in [-0.05, 0) is 31.5 Å². The second-order valence-corrected chi connectivity index (χ2v) is 4.55. The third kappa shape index (κ3) is 1.93. The quantitative estimate of drug-likeness (QED) is 0.761. The van der Waals surface area contributed by atoms with Crippen LogP contribution in [0.15, 0.2) is 30.7 Å². The Bertz CT molecular complexity index is 745. The van der Waals surface area contributed by atoms with E-state index in [1.54, 1.807) is 0 Å².